The molecule has 1 unspecified atom stereocenters. The van der Waals surface area contributed by atoms with E-state index in [-0.39, 0.29) is 24.0 Å². The molecule has 6 heteroatoms. The zero-order chi connectivity index (χ0) is 19.1. The van der Waals surface area contributed by atoms with Crippen molar-refractivity contribution >= 4 is 29.9 Å². The highest BCUT2D eigenvalue weighted by Crippen LogP contribution is 2.16. The molecule has 0 radical (unpaired) electrons. The Balaban J connectivity index is 0.00000364. The second-order valence-electron chi connectivity index (χ2n) is 6.98. The third-order valence-electron chi connectivity index (χ3n) is 4.84. The fourth-order valence-corrected chi connectivity index (χ4v) is 3.06. The smallest absolute Gasteiger partial charge is 0.191 e. The molecule has 2 N–H and O–H groups in total. The van der Waals surface area contributed by atoms with Gasteiger partial charge >= 0.3 is 0 Å². The molecule has 0 bridgehead atoms. The zero-order valence-electron chi connectivity index (χ0n) is 17.5. The quantitative estimate of drug-likeness (QED) is 0.357. The van der Waals surface area contributed by atoms with Crippen molar-refractivity contribution in [2.24, 2.45) is 12.0 Å². The molecule has 0 saturated heterocycles. The van der Waals surface area contributed by atoms with Gasteiger partial charge in [-0.15, -0.1) is 24.0 Å². The zero-order valence-corrected chi connectivity index (χ0v) is 19.8. The number of rotatable bonds is 7. The van der Waals surface area contributed by atoms with Crippen molar-refractivity contribution in [2.75, 3.05) is 19.6 Å². The Hall–Kier alpha value is -1.57. The summed E-state index contributed by atoms with van der Waals surface area (Å²) < 4.78 is 1.95. The number of guanidine groups is 1. The Morgan fingerprint density at radius 2 is 1.81 bits per heavy atom. The van der Waals surface area contributed by atoms with Gasteiger partial charge in [0, 0.05) is 38.3 Å². The molecule has 2 rings (SSSR count). The molecule has 150 valence electrons. The normalized spacial score (nSPS) is 12.4. The van der Waals surface area contributed by atoms with Crippen LogP contribution in [-0.2, 0) is 13.5 Å². The van der Waals surface area contributed by atoms with Crippen molar-refractivity contribution in [2.45, 2.75) is 47.0 Å². The second kappa shape index (κ2) is 11.3. The van der Waals surface area contributed by atoms with Crippen LogP contribution in [0, 0.1) is 20.8 Å². The van der Waals surface area contributed by atoms with Gasteiger partial charge in [-0.2, -0.15) is 5.10 Å². The highest BCUT2D eigenvalue weighted by Gasteiger charge is 2.09. The first-order valence-electron chi connectivity index (χ1n) is 9.50. The monoisotopic (exact) mass is 483 g/mol. The lowest BCUT2D eigenvalue weighted by atomic mass is 10.0. The summed E-state index contributed by atoms with van der Waals surface area (Å²) in [5.74, 6) is 1.28. The summed E-state index contributed by atoms with van der Waals surface area (Å²) in [4.78, 5) is 4.77. The molecule has 27 heavy (non-hydrogen) atoms. The lowest BCUT2D eigenvalue weighted by Gasteiger charge is -2.14. The van der Waals surface area contributed by atoms with Gasteiger partial charge in [0.05, 0.1) is 5.69 Å². The maximum atomic E-state index is 4.77. The fraction of sp³-hybridized carbons (Fsp3) is 0.524. The Bertz CT molecular complexity index is 734. The summed E-state index contributed by atoms with van der Waals surface area (Å²) >= 11 is 0. The lowest BCUT2D eigenvalue weighted by Crippen LogP contribution is -2.38. The fourth-order valence-electron chi connectivity index (χ4n) is 3.06. The van der Waals surface area contributed by atoms with Crippen LogP contribution in [0.25, 0.3) is 0 Å². The SMILES string of the molecule is CCNC(=NCC(C)c1ccc(C)cc1)NCCc1c(C)nn(C)c1C.I. The van der Waals surface area contributed by atoms with Crippen LogP contribution in [0.5, 0.6) is 0 Å². The Morgan fingerprint density at radius 1 is 1.15 bits per heavy atom. The average Bonchev–Trinajstić information content (AvgIpc) is 2.86. The predicted molar refractivity (Wildman–Crippen MR) is 125 cm³/mol. The van der Waals surface area contributed by atoms with Crippen molar-refractivity contribution < 1.29 is 0 Å². The summed E-state index contributed by atoms with van der Waals surface area (Å²) in [6.45, 7) is 13.1. The molecular weight excluding hydrogens is 449 g/mol. The third-order valence-corrected chi connectivity index (χ3v) is 4.84. The van der Waals surface area contributed by atoms with Gasteiger partial charge in [-0.25, -0.2) is 0 Å². The summed E-state index contributed by atoms with van der Waals surface area (Å²) in [5.41, 5.74) is 6.29. The summed E-state index contributed by atoms with van der Waals surface area (Å²) in [5, 5.41) is 11.3. The maximum absolute atomic E-state index is 4.77. The van der Waals surface area contributed by atoms with E-state index in [0.29, 0.717) is 5.92 Å². The van der Waals surface area contributed by atoms with E-state index in [4.69, 9.17) is 4.99 Å². The minimum Gasteiger partial charge on any atom is -0.357 e. The molecular formula is C21H34IN5. The van der Waals surface area contributed by atoms with E-state index >= 15 is 0 Å². The molecule has 5 nitrogen and oxygen atoms in total. The molecule has 0 aliphatic carbocycles. The van der Waals surface area contributed by atoms with E-state index in [1.54, 1.807) is 0 Å². The van der Waals surface area contributed by atoms with Gasteiger partial charge in [-0.1, -0.05) is 36.8 Å². The van der Waals surface area contributed by atoms with Gasteiger partial charge in [-0.3, -0.25) is 9.67 Å². The second-order valence-corrected chi connectivity index (χ2v) is 6.98. The highest BCUT2D eigenvalue weighted by molar-refractivity contribution is 14.0. The Labute approximate surface area is 181 Å². The minimum atomic E-state index is 0. The predicted octanol–water partition coefficient (Wildman–Crippen LogP) is 3.86. The molecule has 0 spiro atoms. The number of aryl methyl sites for hydroxylation is 3. The largest absolute Gasteiger partial charge is 0.357 e. The van der Waals surface area contributed by atoms with E-state index in [9.17, 15) is 0 Å². The van der Waals surface area contributed by atoms with E-state index in [1.807, 2.05) is 11.7 Å². The first kappa shape index (κ1) is 23.5. The topological polar surface area (TPSA) is 54.2 Å². The van der Waals surface area contributed by atoms with Gasteiger partial charge in [-0.05, 0) is 45.2 Å². The van der Waals surface area contributed by atoms with E-state index in [2.05, 4.69) is 74.6 Å². The Kier molecular flexibility index (Phi) is 9.83. The average molecular weight is 483 g/mol. The van der Waals surface area contributed by atoms with E-state index in [1.165, 1.54) is 22.4 Å². The number of hydrogen-bond acceptors (Lipinski definition) is 2. The van der Waals surface area contributed by atoms with Crippen LogP contribution < -0.4 is 10.6 Å². The molecule has 1 aromatic carbocycles. The van der Waals surface area contributed by atoms with Crippen molar-refractivity contribution in [3.63, 3.8) is 0 Å². The van der Waals surface area contributed by atoms with Crippen molar-refractivity contribution in [3.8, 4) is 0 Å². The van der Waals surface area contributed by atoms with Gasteiger partial charge in [0.15, 0.2) is 5.96 Å². The molecule has 0 saturated carbocycles. The summed E-state index contributed by atoms with van der Waals surface area (Å²) in [6, 6.07) is 8.72. The first-order valence-corrected chi connectivity index (χ1v) is 9.50. The number of aliphatic imine (C=N–C) groups is 1. The van der Waals surface area contributed by atoms with Crippen molar-refractivity contribution in [1.82, 2.24) is 20.4 Å². The summed E-state index contributed by atoms with van der Waals surface area (Å²) in [7, 11) is 2.00. The molecule has 0 fully saturated rings. The number of hydrogen-bond donors (Lipinski definition) is 2. The van der Waals surface area contributed by atoms with Crippen LogP contribution in [0.15, 0.2) is 29.3 Å². The van der Waals surface area contributed by atoms with Crippen LogP contribution in [0.1, 0.15) is 47.8 Å². The van der Waals surface area contributed by atoms with E-state index in [0.717, 1.165) is 37.7 Å². The van der Waals surface area contributed by atoms with Crippen LogP contribution in [0.4, 0.5) is 0 Å². The van der Waals surface area contributed by atoms with E-state index < -0.39 is 0 Å². The third kappa shape index (κ3) is 6.83. The molecule has 0 amide bonds. The Morgan fingerprint density at radius 3 is 2.37 bits per heavy atom. The standard InChI is InChI=1S/C21H33N5.HI/c1-7-22-21(23-13-12-20-17(4)25-26(6)18(20)5)24-14-16(3)19-10-8-15(2)9-11-19;/h8-11,16H,7,12-14H2,1-6H3,(H2,22,23,24);1H. The van der Waals surface area contributed by atoms with Crippen LogP contribution in [-0.4, -0.2) is 35.4 Å². The molecule has 0 aliphatic heterocycles. The van der Waals surface area contributed by atoms with Gasteiger partial charge in [0.1, 0.15) is 0 Å². The van der Waals surface area contributed by atoms with Gasteiger partial charge in [0.2, 0.25) is 0 Å². The molecule has 1 atom stereocenters. The maximum Gasteiger partial charge on any atom is 0.191 e. The molecule has 2 aromatic rings. The van der Waals surface area contributed by atoms with Gasteiger partial charge < -0.3 is 10.6 Å². The van der Waals surface area contributed by atoms with Crippen molar-refractivity contribution in [3.05, 3.63) is 52.3 Å². The minimum absolute atomic E-state index is 0. The number of aromatic nitrogens is 2. The molecule has 0 aliphatic rings. The lowest BCUT2D eigenvalue weighted by molar-refractivity contribution is 0.728. The van der Waals surface area contributed by atoms with Gasteiger partial charge in [0.25, 0.3) is 0 Å². The number of nitrogens with zero attached hydrogens (tertiary/aromatic N) is 3. The number of halogens is 1. The molecule has 1 aromatic heterocycles. The van der Waals surface area contributed by atoms with Crippen LogP contribution in [0.2, 0.25) is 0 Å². The van der Waals surface area contributed by atoms with Crippen LogP contribution in [0.3, 0.4) is 0 Å². The number of benzene rings is 1. The van der Waals surface area contributed by atoms with Crippen LogP contribution >= 0.6 is 24.0 Å². The summed E-state index contributed by atoms with van der Waals surface area (Å²) in [6.07, 6.45) is 0.948. The molecule has 1 heterocycles. The first-order chi connectivity index (χ1) is 12.4. The highest BCUT2D eigenvalue weighted by atomic mass is 127. The van der Waals surface area contributed by atoms with Crippen molar-refractivity contribution in [1.29, 1.82) is 0 Å². The number of nitrogens with one attached hydrogen (secondary N) is 2.